The largest absolute Gasteiger partial charge is 0.340 e. The van der Waals surface area contributed by atoms with E-state index < -0.39 is 0 Å². The van der Waals surface area contributed by atoms with Crippen LogP contribution in [0.15, 0.2) is 22.2 Å². The molecule has 0 aliphatic carbocycles. The van der Waals surface area contributed by atoms with Gasteiger partial charge in [-0.15, -0.1) is 11.3 Å². The van der Waals surface area contributed by atoms with E-state index in [4.69, 9.17) is 0 Å². The SMILES string of the molecule is Cc1ncsc1CN(C)C(=O)c1cc(Br)cn1C(C)C. The van der Waals surface area contributed by atoms with E-state index in [-0.39, 0.29) is 11.9 Å². The summed E-state index contributed by atoms with van der Waals surface area (Å²) in [7, 11) is 1.83. The summed E-state index contributed by atoms with van der Waals surface area (Å²) in [6.07, 6.45) is 1.95. The van der Waals surface area contributed by atoms with Gasteiger partial charge in [0, 0.05) is 28.6 Å². The van der Waals surface area contributed by atoms with Crippen molar-refractivity contribution in [2.75, 3.05) is 7.05 Å². The second-order valence-electron chi connectivity index (χ2n) is 5.07. The fourth-order valence-electron chi connectivity index (χ4n) is 2.00. The third kappa shape index (κ3) is 3.12. The molecule has 20 heavy (non-hydrogen) atoms. The van der Waals surface area contributed by atoms with E-state index in [1.165, 1.54) is 0 Å². The molecule has 0 radical (unpaired) electrons. The Morgan fingerprint density at radius 1 is 1.55 bits per heavy atom. The first-order valence-electron chi connectivity index (χ1n) is 6.42. The molecule has 0 aliphatic rings. The fourth-order valence-corrected chi connectivity index (χ4v) is 3.27. The molecule has 0 aromatic carbocycles. The van der Waals surface area contributed by atoms with Gasteiger partial charge < -0.3 is 9.47 Å². The van der Waals surface area contributed by atoms with E-state index in [2.05, 4.69) is 34.8 Å². The normalized spacial score (nSPS) is 11.1. The average Bonchev–Trinajstić information content (AvgIpc) is 2.95. The molecule has 0 spiro atoms. The number of aryl methyl sites for hydroxylation is 1. The topological polar surface area (TPSA) is 38.1 Å². The molecule has 2 aromatic heterocycles. The summed E-state index contributed by atoms with van der Waals surface area (Å²) in [5, 5.41) is 0. The Hall–Kier alpha value is -1.14. The lowest BCUT2D eigenvalue weighted by molar-refractivity contribution is 0.0774. The molecule has 0 unspecified atom stereocenters. The molecule has 2 aromatic rings. The van der Waals surface area contributed by atoms with Crippen LogP contribution in [0.1, 0.15) is 40.9 Å². The standard InChI is InChI=1S/C14H18BrN3OS/c1-9(2)18-6-11(15)5-12(18)14(19)17(4)7-13-10(3)16-8-20-13/h5-6,8-9H,7H2,1-4H3. The number of hydrogen-bond donors (Lipinski definition) is 0. The van der Waals surface area contributed by atoms with Crippen LogP contribution in [0.2, 0.25) is 0 Å². The van der Waals surface area contributed by atoms with E-state index in [9.17, 15) is 4.79 Å². The van der Waals surface area contributed by atoms with E-state index >= 15 is 0 Å². The van der Waals surface area contributed by atoms with Gasteiger partial charge in [-0.05, 0) is 42.8 Å². The van der Waals surface area contributed by atoms with Gasteiger partial charge in [0.1, 0.15) is 5.69 Å². The fraction of sp³-hybridized carbons (Fsp3) is 0.429. The highest BCUT2D eigenvalue weighted by atomic mass is 79.9. The van der Waals surface area contributed by atoms with Crippen LogP contribution in [0.5, 0.6) is 0 Å². The summed E-state index contributed by atoms with van der Waals surface area (Å²) < 4.78 is 2.92. The summed E-state index contributed by atoms with van der Waals surface area (Å²) >= 11 is 5.03. The van der Waals surface area contributed by atoms with Crippen molar-refractivity contribution in [2.24, 2.45) is 0 Å². The number of aromatic nitrogens is 2. The Morgan fingerprint density at radius 3 is 2.80 bits per heavy atom. The van der Waals surface area contributed by atoms with Crippen molar-refractivity contribution in [3.05, 3.63) is 38.5 Å². The van der Waals surface area contributed by atoms with Crippen molar-refractivity contribution in [3.63, 3.8) is 0 Å². The van der Waals surface area contributed by atoms with E-state index in [1.54, 1.807) is 16.2 Å². The molecule has 0 saturated heterocycles. The molecule has 4 nitrogen and oxygen atoms in total. The second-order valence-corrected chi connectivity index (χ2v) is 6.92. The summed E-state index contributed by atoms with van der Waals surface area (Å²) in [6, 6.07) is 2.12. The molecule has 108 valence electrons. The molecule has 0 saturated carbocycles. The molecule has 0 N–H and O–H groups in total. The quantitative estimate of drug-likeness (QED) is 0.834. The van der Waals surface area contributed by atoms with Crippen LogP contribution in [-0.2, 0) is 6.54 Å². The molecule has 0 fully saturated rings. The van der Waals surface area contributed by atoms with E-state index in [0.29, 0.717) is 12.2 Å². The van der Waals surface area contributed by atoms with Gasteiger partial charge >= 0.3 is 0 Å². The van der Waals surface area contributed by atoms with Gasteiger partial charge in [-0.2, -0.15) is 0 Å². The maximum atomic E-state index is 12.6. The highest BCUT2D eigenvalue weighted by Gasteiger charge is 2.19. The molecule has 1 amide bonds. The zero-order chi connectivity index (χ0) is 14.9. The zero-order valence-corrected chi connectivity index (χ0v) is 14.5. The van der Waals surface area contributed by atoms with Crippen LogP contribution in [0.4, 0.5) is 0 Å². The number of amides is 1. The Morgan fingerprint density at radius 2 is 2.25 bits per heavy atom. The maximum Gasteiger partial charge on any atom is 0.270 e. The molecule has 6 heteroatoms. The molecule has 0 atom stereocenters. The van der Waals surface area contributed by atoms with Crippen molar-refractivity contribution in [1.29, 1.82) is 0 Å². The number of carbonyl (C=O) groups excluding carboxylic acids is 1. The number of halogens is 1. The minimum absolute atomic E-state index is 0.0252. The second kappa shape index (κ2) is 6.10. The van der Waals surface area contributed by atoms with Crippen molar-refractivity contribution in [1.82, 2.24) is 14.5 Å². The molecular weight excluding hydrogens is 338 g/mol. The third-order valence-electron chi connectivity index (χ3n) is 3.16. The van der Waals surface area contributed by atoms with Crippen LogP contribution in [0.25, 0.3) is 0 Å². The highest BCUT2D eigenvalue weighted by molar-refractivity contribution is 9.10. The van der Waals surface area contributed by atoms with E-state index in [1.807, 2.05) is 36.3 Å². The van der Waals surface area contributed by atoms with E-state index in [0.717, 1.165) is 15.0 Å². The van der Waals surface area contributed by atoms with Gasteiger partial charge in [0.25, 0.3) is 5.91 Å². The monoisotopic (exact) mass is 355 g/mol. The predicted octanol–water partition coefficient (Wildman–Crippen LogP) is 3.87. The van der Waals surface area contributed by atoms with Gasteiger partial charge in [-0.1, -0.05) is 0 Å². The first-order chi connectivity index (χ1) is 9.40. The van der Waals surface area contributed by atoms with Crippen molar-refractivity contribution >= 4 is 33.2 Å². The van der Waals surface area contributed by atoms with Crippen LogP contribution in [0.3, 0.4) is 0 Å². The number of carbonyl (C=O) groups is 1. The minimum atomic E-state index is 0.0252. The van der Waals surface area contributed by atoms with Crippen LogP contribution >= 0.6 is 27.3 Å². The summed E-state index contributed by atoms with van der Waals surface area (Å²) in [6.45, 7) is 6.70. The molecule has 0 bridgehead atoms. The maximum absolute atomic E-state index is 12.6. The average molecular weight is 356 g/mol. The van der Waals surface area contributed by atoms with Crippen LogP contribution in [0, 0.1) is 6.92 Å². The van der Waals surface area contributed by atoms with Gasteiger partial charge in [0.05, 0.1) is 17.7 Å². The Kier molecular flexibility index (Phi) is 4.65. The number of thiazole rings is 1. The first-order valence-corrected chi connectivity index (χ1v) is 8.09. The molecule has 0 aliphatic heterocycles. The first kappa shape index (κ1) is 15.3. The van der Waals surface area contributed by atoms with Crippen LogP contribution in [-0.4, -0.2) is 27.4 Å². The Bertz CT molecular complexity index is 618. The lowest BCUT2D eigenvalue weighted by Crippen LogP contribution is -2.28. The summed E-state index contributed by atoms with van der Waals surface area (Å²) in [4.78, 5) is 19.7. The predicted molar refractivity (Wildman–Crippen MR) is 85.2 cm³/mol. The molecule has 2 heterocycles. The number of hydrogen-bond acceptors (Lipinski definition) is 3. The Balaban J connectivity index is 2.21. The highest BCUT2D eigenvalue weighted by Crippen LogP contribution is 2.22. The minimum Gasteiger partial charge on any atom is -0.340 e. The third-order valence-corrected chi connectivity index (χ3v) is 4.52. The van der Waals surface area contributed by atoms with Crippen molar-refractivity contribution in [3.8, 4) is 0 Å². The summed E-state index contributed by atoms with van der Waals surface area (Å²) in [5.41, 5.74) is 3.52. The zero-order valence-electron chi connectivity index (χ0n) is 12.1. The van der Waals surface area contributed by atoms with Crippen LogP contribution < -0.4 is 0 Å². The molecular formula is C14H18BrN3OS. The Labute approximate surface area is 131 Å². The molecule has 2 rings (SSSR count). The smallest absolute Gasteiger partial charge is 0.270 e. The van der Waals surface area contributed by atoms with Crippen molar-refractivity contribution in [2.45, 2.75) is 33.4 Å². The van der Waals surface area contributed by atoms with Crippen molar-refractivity contribution < 1.29 is 4.79 Å². The lowest BCUT2D eigenvalue weighted by atomic mass is 10.3. The van der Waals surface area contributed by atoms with Gasteiger partial charge in [-0.25, -0.2) is 4.98 Å². The van der Waals surface area contributed by atoms with Gasteiger partial charge in [-0.3, -0.25) is 4.79 Å². The number of rotatable bonds is 4. The van der Waals surface area contributed by atoms with Gasteiger partial charge in [0.2, 0.25) is 0 Å². The lowest BCUT2D eigenvalue weighted by Gasteiger charge is -2.19. The number of nitrogens with zero attached hydrogens (tertiary/aromatic N) is 3. The van der Waals surface area contributed by atoms with Gasteiger partial charge in [0.15, 0.2) is 0 Å². The summed E-state index contributed by atoms with van der Waals surface area (Å²) in [5.74, 6) is 0.0252.